The van der Waals surface area contributed by atoms with Crippen LogP contribution in [0.1, 0.15) is 49.8 Å². The van der Waals surface area contributed by atoms with Gasteiger partial charge in [0, 0.05) is 0 Å². The lowest BCUT2D eigenvalue weighted by molar-refractivity contribution is -0.146. The molecule has 0 N–H and O–H groups in total. The fourth-order valence-electron chi connectivity index (χ4n) is 2.89. The SMILES string of the molecule is CC(C)(C)c1ccc([C@H]2C[C@@H]2C(=O)OCc2ccccc2)cc1. The Morgan fingerprint density at radius 3 is 2.30 bits per heavy atom. The maximum Gasteiger partial charge on any atom is 0.309 e. The van der Waals surface area contributed by atoms with Crippen LogP contribution in [0.2, 0.25) is 0 Å². The largest absolute Gasteiger partial charge is 0.461 e. The van der Waals surface area contributed by atoms with Crippen molar-refractivity contribution in [2.45, 2.75) is 45.1 Å². The highest BCUT2D eigenvalue weighted by atomic mass is 16.5. The summed E-state index contributed by atoms with van der Waals surface area (Å²) in [6, 6.07) is 18.5. The van der Waals surface area contributed by atoms with Gasteiger partial charge in [-0.25, -0.2) is 0 Å². The Bertz CT molecular complexity index is 665. The average molecular weight is 308 g/mol. The number of carbonyl (C=O) groups is 1. The minimum atomic E-state index is -0.0706. The summed E-state index contributed by atoms with van der Waals surface area (Å²) in [7, 11) is 0. The standard InChI is InChI=1S/C21H24O2/c1-21(2,3)17-11-9-16(10-12-17)18-13-19(18)20(22)23-14-15-7-5-4-6-8-15/h4-12,18-19H,13-14H2,1-3H3/t18-,19+/m1/s1. The molecule has 0 spiro atoms. The molecule has 2 atom stereocenters. The number of carbonyl (C=O) groups excluding carboxylic acids is 1. The molecular formula is C21H24O2. The zero-order valence-corrected chi connectivity index (χ0v) is 14.1. The van der Waals surface area contributed by atoms with Gasteiger partial charge in [-0.15, -0.1) is 0 Å². The van der Waals surface area contributed by atoms with Gasteiger partial charge in [-0.3, -0.25) is 4.79 Å². The fraction of sp³-hybridized carbons (Fsp3) is 0.381. The molecule has 2 heteroatoms. The second-order valence-corrected chi connectivity index (χ2v) is 7.41. The van der Waals surface area contributed by atoms with Crippen molar-refractivity contribution in [1.82, 2.24) is 0 Å². The van der Waals surface area contributed by atoms with E-state index in [1.165, 1.54) is 11.1 Å². The Hall–Kier alpha value is -2.09. The van der Waals surface area contributed by atoms with Gasteiger partial charge in [0.2, 0.25) is 0 Å². The molecule has 2 aromatic carbocycles. The quantitative estimate of drug-likeness (QED) is 0.756. The van der Waals surface area contributed by atoms with Crippen molar-refractivity contribution >= 4 is 5.97 Å². The number of ether oxygens (including phenoxy) is 1. The van der Waals surface area contributed by atoms with Crippen molar-refractivity contribution in [2.75, 3.05) is 0 Å². The monoisotopic (exact) mass is 308 g/mol. The van der Waals surface area contributed by atoms with Crippen LogP contribution in [0.3, 0.4) is 0 Å². The van der Waals surface area contributed by atoms with Gasteiger partial charge >= 0.3 is 5.97 Å². The highest BCUT2D eigenvalue weighted by Crippen LogP contribution is 2.48. The lowest BCUT2D eigenvalue weighted by atomic mass is 9.86. The van der Waals surface area contributed by atoms with Crippen molar-refractivity contribution in [2.24, 2.45) is 5.92 Å². The van der Waals surface area contributed by atoms with E-state index in [1.54, 1.807) is 0 Å². The maximum absolute atomic E-state index is 12.2. The smallest absolute Gasteiger partial charge is 0.309 e. The van der Waals surface area contributed by atoms with Gasteiger partial charge in [-0.05, 0) is 34.4 Å². The molecule has 2 aromatic rings. The van der Waals surface area contributed by atoms with E-state index >= 15 is 0 Å². The number of rotatable bonds is 4. The van der Waals surface area contributed by atoms with Crippen molar-refractivity contribution in [1.29, 1.82) is 0 Å². The predicted molar refractivity (Wildman–Crippen MR) is 92.2 cm³/mol. The lowest BCUT2D eigenvalue weighted by Crippen LogP contribution is -2.11. The zero-order chi connectivity index (χ0) is 16.4. The van der Waals surface area contributed by atoms with E-state index in [0.29, 0.717) is 12.5 Å². The summed E-state index contributed by atoms with van der Waals surface area (Å²) in [5.74, 6) is 0.283. The van der Waals surface area contributed by atoms with Gasteiger partial charge in [-0.1, -0.05) is 75.4 Å². The summed E-state index contributed by atoms with van der Waals surface area (Å²) in [6.45, 7) is 7.00. The van der Waals surface area contributed by atoms with E-state index in [-0.39, 0.29) is 17.3 Å². The molecule has 1 aliphatic carbocycles. The summed E-state index contributed by atoms with van der Waals surface area (Å²) in [5, 5.41) is 0. The van der Waals surface area contributed by atoms with Gasteiger partial charge in [0.05, 0.1) is 5.92 Å². The van der Waals surface area contributed by atoms with Gasteiger partial charge in [0.15, 0.2) is 0 Å². The van der Waals surface area contributed by atoms with E-state index in [4.69, 9.17) is 4.74 Å². The van der Waals surface area contributed by atoms with Crippen LogP contribution in [0.15, 0.2) is 54.6 Å². The summed E-state index contributed by atoms with van der Waals surface area (Å²) in [4.78, 5) is 12.2. The first-order valence-corrected chi connectivity index (χ1v) is 8.26. The van der Waals surface area contributed by atoms with E-state index in [2.05, 4.69) is 45.0 Å². The number of hydrogen-bond donors (Lipinski definition) is 0. The molecule has 120 valence electrons. The fourth-order valence-corrected chi connectivity index (χ4v) is 2.89. The summed E-state index contributed by atoms with van der Waals surface area (Å²) < 4.78 is 5.44. The first kappa shape index (κ1) is 15.8. The Morgan fingerprint density at radius 2 is 1.70 bits per heavy atom. The van der Waals surface area contributed by atoms with Crippen LogP contribution in [-0.2, 0) is 21.6 Å². The topological polar surface area (TPSA) is 26.3 Å². The Labute approximate surface area is 138 Å². The van der Waals surface area contributed by atoms with Crippen LogP contribution < -0.4 is 0 Å². The molecule has 1 saturated carbocycles. The molecule has 0 unspecified atom stereocenters. The zero-order valence-electron chi connectivity index (χ0n) is 14.1. The number of esters is 1. The summed E-state index contributed by atoms with van der Waals surface area (Å²) in [5.41, 5.74) is 3.77. The van der Waals surface area contributed by atoms with E-state index in [1.807, 2.05) is 30.3 Å². The minimum absolute atomic E-state index is 0.0270. The van der Waals surface area contributed by atoms with Gasteiger partial charge < -0.3 is 4.74 Å². The van der Waals surface area contributed by atoms with E-state index in [9.17, 15) is 4.79 Å². The highest BCUT2D eigenvalue weighted by molar-refractivity contribution is 5.77. The molecule has 0 radical (unpaired) electrons. The second kappa shape index (κ2) is 6.19. The molecule has 1 aliphatic rings. The molecule has 0 saturated heterocycles. The molecule has 3 rings (SSSR count). The molecule has 0 amide bonds. The van der Waals surface area contributed by atoms with Crippen molar-refractivity contribution in [3.8, 4) is 0 Å². The van der Waals surface area contributed by atoms with Crippen LogP contribution in [0.25, 0.3) is 0 Å². The molecule has 0 heterocycles. The number of hydrogen-bond acceptors (Lipinski definition) is 2. The molecule has 0 aliphatic heterocycles. The highest BCUT2D eigenvalue weighted by Gasteiger charge is 2.45. The minimum Gasteiger partial charge on any atom is -0.461 e. The normalized spacial score (nSPS) is 20.1. The van der Waals surface area contributed by atoms with Gasteiger partial charge in [0.1, 0.15) is 6.61 Å². The molecule has 2 nitrogen and oxygen atoms in total. The molecule has 1 fully saturated rings. The van der Waals surface area contributed by atoms with Crippen molar-refractivity contribution in [3.05, 3.63) is 71.3 Å². The predicted octanol–water partition coefficient (Wildman–Crippen LogP) is 4.83. The van der Waals surface area contributed by atoms with Crippen LogP contribution in [0, 0.1) is 5.92 Å². The molecule has 23 heavy (non-hydrogen) atoms. The third kappa shape index (κ3) is 3.82. The molecule has 0 aromatic heterocycles. The molecular weight excluding hydrogens is 284 g/mol. The number of benzene rings is 2. The average Bonchev–Trinajstić information content (AvgIpc) is 3.34. The lowest BCUT2D eigenvalue weighted by Gasteiger charge is -2.19. The van der Waals surface area contributed by atoms with E-state index in [0.717, 1.165) is 12.0 Å². The van der Waals surface area contributed by atoms with Crippen LogP contribution in [0.5, 0.6) is 0 Å². The van der Waals surface area contributed by atoms with Gasteiger partial charge in [-0.2, -0.15) is 0 Å². The van der Waals surface area contributed by atoms with Crippen LogP contribution in [-0.4, -0.2) is 5.97 Å². The maximum atomic E-state index is 12.2. The van der Waals surface area contributed by atoms with E-state index < -0.39 is 0 Å². The van der Waals surface area contributed by atoms with Crippen molar-refractivity contribution in [3.63, 3.8) is 0 Å². The third-order valence-corrected chi connectivity index (χ3v) is 4.52. The molecule has 0 bridgehead atoms. The second-order valence-electron chi connectivity index (χ2n) is 7.41. The summed E-state index contributed by atoms with van der Waals surface area (Å²) in [6.07, 6.45) is 0.905. The van der Waals surface area contributed by atoms with Crippen LogP contribution >= 0.6 is 0 Å². The Morgan fingerprint density at radius 1 is 1.04 bits per heavy atom. The Kier molecular flexibility index (Phi) is 4.25. The first-order chi connectivity index (χ1) is 10.9. The first-order valence-electron chi connectivity index (χ1n) is 8.26. The third-order valence-electron chi connectivity index (χ3n) is 4.52. The van der Waals surface area contributed by atoms with Crippen LogP contribution in [0.4, 0.5) is 0 Å². The van der Waals surface area contributed by atoms with Crippen molar-refractivity contribution < 1.29 is 9.53 Å². The summed E-state index contributed by atoms with van der Waals surface area (Å²) >= 11 is 0. The van der Waals surface area contributed by atoms with Gasteiger partial charge in [0.25, 0.3) is 0 Å². The Balaban J connectivity index is 1.55.